The Morgan fingerprint density at radius 3 is 2.48 bits per heavy atom. The number of Topliss-reactive ketones (excluding diaryl/α,β-unsaturated/α-hetero) is 1. The highest BCUT2D eigenvalue weighted by molar-refractivity contribution is 6.03. The number of carbonyl (C=O) groups excluding carboxylic acids is 3. The van der Waals surface area contributed by atoms with Gasteiger partial charge in [0.05, 0.1) is 18.7 Å². The van der Waals surface area contributed by atoms with E-state index in [-0.39, 0.29) is 24.5 Å². The fraction of sp³-hybridized carbons (Fsp3) is 0.379. The molecular weight excluding hydrogens is 559 g/mol. The summed E-state index contributed by atoms with van der Waals surface area (Å²) in [6.07, 6.45) is -0.0273. The van der Waals surface area contributed by atoms with Gasteiger partial charge in [0.25, 0.3) is 5.91 Å². The zero-order valence-electron chi connectivity index (χ0n) is 23.1. The fourth-order valence-electron chi connectivity index (χ4n) is 5.39. The number of methoxy groups -OCH3 is 1. The standard InChI is InChI=1S/C29H30F3N3O7/c1-17(36)27(41-16-42-29(38)40-15-14-39-3)26-28(37)34-13-5-8-22(34)25(35(26)33-2)23(18-9-11-19(30)12-10-18)20-6-4-7-21(31)24(20)32/h4,6-7,9-12,22-23,25H,2,5,8,13-16H2,1,3H3/b27-26+/t22-,23-,25-/m1/s1. The minimum absolute atomic E-state index is 0.0618. The Labute approximate surface area is 240 Å². The van der Waals surface area contributed by atoms with E-state index in [4.69, 9.17) is 18.9 Å². The first-order valence-corrected chi connectivity index (χ1v) is 13.1. The molecule has 2 aromatic rings. The van der Waals surface area contributed by atoms with Crippen molar-refractivity contribution in [2.24, 2.45) is 5.10 Å². The number of hydrogen-bond acceptors (Lipinski definition) is 9. The third kappa shape index (κ3) is 6.25. The van der Waals surface area contributed by atoms with Crippen LogP contribution >= 0.6 is 0 Å². The molecule has 224 valence electrons. The summed E-state index contributed by atoms with van der Waals surface area (Å²) in [5, 5.41) is 5.24. The maximum Gasteiger partial charge on any atom is 0.511 e. The quantitative estimate of drug-likeness (QED) is 0.0964. The van der Waals surface area contributed by atoms with Gasteiger partial charge in [0, 0.05) is 38.8 Å². The van der Waals surface area contributed by atoms with Gasteiger partial charge in [0.1, 0.15) is 12.4 Å². The lowest BCUT2D eigenvalue weighted by molar-refractivity contribution is -0.137. The summed E-state index contributed by atoms with van der Waals surface area (Å²) < 4.78 is 63.8. The molecule has 2 heterocycles. The molecule has 2 aromatic carbocycles. The minimum atomic E-state index is -1.12. The van der Waals surface area contributed by atoms with E-state index in [0.717, 1.165) is 13.0 Å². The SMILES string of the molecule is C=NN1/C(=C(/OCOC(=O)OCCOC)C(C)=O)C(=O)N2CCC[C@@H]2[C@@H]1[C@H](c1ccc(F)cc1)c1cccc(F)c1F. The van der Waals surface area contributed by atoms with Crippen LogP contribution in [0.5, 0.6) is 0 Å². The van der Waals surface area contributed by atoms with E-state index < -0.39 is 65.9 Å². The number of allylic oxidation sites excluding steroid dienone is 1. The second-order valence-corrected chi connectivity index (χ2v) is 9.59. The molecule has 4 rings (SSSR count). The van der Waals surface area contributed by atoms with Crippen LogP contribution in [0.4, 0.5) is 18.0 Å². The second-order valence-electron chi connectivity index (χ2n) is 9.59. The summed E-state index contributed by atoms with van der Waals surface area (Å²) in [5.74, 6) is -5.53. The average Bonchev–Trinajstić information content (AvgIpc) is 3.46. The monoisotopic (exact) mass is 589 g/mol. The highest BCUT2D eigenvalue weighted by atomic mass is 19.2. The van der Waals surface area contributed by atoms with Crippen molar-refractivity contribution in [3.63, 3.8) is 0 Å². The van der Waals surface area contributed by atoms with E-state index in [1.54, 1.807) is 0 Å². The van der Waals surface area contributed by atoms with E-state index in [2.05, 4.69) is 11.8 Å². The Morgan fingerprint density at radius 2 is 1.81 bits per heavy atom. The first kappa shape index (κ1) is 30.6. The largest absolute Gasteiger partial charge is 0.511 e. The second kappa shape index (κ2) is 13.5. The van der Waals surface area contributed by atoms with Crippen LogP contribution < -0.4 is 0 Å². The Hall–Kier alpha value is -4.39. The number of hydrogen-bond donors (Lipinski definition) is 0. The number of halogens is 3. The van der Waals surface area contributed by atoms with Crippen molar-refractivity contribution >= 4 is 24.6 Å². The Bertz CT molecular complexity index is 1370. The fourth-order valence-corrected chi connectivity index (χ4v) is 5.39. The molecule has 0 aromatic heterocycles. The van der Waals surface area contributed by atoms with Gasteiger partial charge in [-0.25, -0.2) is 18.0 Å². The summed E-state index contributed by atoms with van der Waals surface area (Å²) in [6, 6.07) is 7.50. The summed E-state index contributed by atoms with van der Waals surface area (Å²) >= 11 is 0. The molecular formula is C29H30F3N3O7. The molecule has 0 N–H and O–H groups in total. The topological polar surface area (TPSA) is 107 Å². The lowest BCUT2D eigenvalue weighted by Gasteiger charge is -2.47. The molecule has 0 spiro atoms. The van der Waals surface area contributed by atoms with Crippen molar-refractivity contribution in [3.8, 4) is 0 Å². The summed E-state index contributed by atoms with van der Waals surface area (Å²) in [6.45, 7) is 4.33. The van der Waals surface area contributed by atoms with Crippen molar-refractivity contribution in [2.75, 3.05) is 33.7 Å². The van der Waals surface area contributed by atoms with Gasteiger partial charge in [-0.05, 0) is 36.6 Å². The minimum Gasteiger partial charge on any atom is -0.451 e. The molecule has 2 fully saturated rings. The van der Waals surface area contributed by atoms with Crippen molar-refractivity contribution in [3.05, 3.63) is 82.5 Å². The zero-order valence-corrected chi connectivity index (χ0v) is 23.1. The number of ether oxygens (including phenoxy) is 4. The summed E-state index contributed by atoms with van der Waals surface area (Å²) in [4.78, 5) is 39.9. The van der Waals surface area contributed by atoms with E-state index in [9.17, 15) is 23.2 Å². The summed E-state index contributed by atoms with van der Waals surface area (Å²) in [5.41, 5.74) is 0.0293. The first-order valence-electron chi connectivity index (χ1n) is 13.1. The lowest BCUT2D eigenvalue weighted by Crippen LogP contribution is -2.59. The molecule has 0 bridgehead atoms. The number of piperazine rings is 1. The van der Waals surface area contributed by atoms with Crippen molar-refractivity contribution in [1.29, 1.82) is 0 Å². The number of rotatable bonds is 11. The molecule has 0 saturated carbocycles. The maximum atomic E-state index is 15.4. The van der Waals surface area contributed by atoms with Crippen LogP contribution in [-0.4, -0.2) is 80.2 Å². The predicted octanol–water partition coefficient (Wildman–Crippen LogP) is 4.10. The number of nitrogens with zero attached hydrogens (tertiary/aromatic N) is 3. The Morgan fingerprint density at radius 1 is 1.07 bits per heavy atom. The predicted molar refractivity (Wildman–Crippen MR) is 142 cm³/mol. The molecule has 2 aliphatic heterocycles. The van der Waals surface area contributed by atoms with Crippen LogP contribution in [0.1, 0.15) is 36.8 Å². The van der Waals surface area contributed by atoms with Crippen LogP contribution in [0.25, 0.3) is 0 Å². The molecule has 0 radical (unpaired) electrons. The number of ketones is 1. The number of fused-ring (bicyclic) bond motifs is 1. The number of benzene rings is 2. The molecule has 2 saturated heterocycles. The number of carbonyl (C=O) groups is 3. The molecule has 0 unspecified atom stereocenters. The normalized spacial score (nSPS) is 20.1. The van der Waals surface area contributed by atoms with Crippen molar-refractivity contribution in [2.45, 2.75) is 37.8 Å². The van der Waals surface area contributed by atoms with Crippen molar-refractivity contribution in [1.82, 2.24) is 9.91 Å². The van der Waals surface area contributed by atoms with Gasteiger partial charge in [-0.1, -0.05) is 24.3 Å². The first-order chi connectivity index (χ1) is 20.2. The summed E-state index contributed by atoms with van der Waals surface area (Å²) in [7, 11) is 1.42. The van der Waals surface area contributed by atoms with Gasteiger partial charge in [0.15, 0.2) is 28.9 Å². The van der Waals surface area contributed by atoms with Gasteiger partial charge in [0.2, 0.25) is 6.79 Å². The van der Waals surface area contributed by atoms with Gasteiger partial charge in [-0.3, -0.25) is 14.6 Å². The molecule has 10 nitrogen and oxygen atoms in total. The number of amides is 1. The van der Waals surface area contributed by atoms with Gasteiger partial charge in [-0.15, -0.1) is 0 Å². The van der Waals surface area contributed by atoms with E-state index in [0.29, 0.717) is 24.9 Å². The molecule has 0 aliphatic carbocycles. The van der Waals surface area contributed by atoms with Gasteiger partial charge >= 0.3 is 6.16 Å². The zero-order chi connectivity index (χ0) is 30.4. The number of hydrazone groups is 1. The van der Waals surface area contributed by atoms with Crippen LogP contribution in [0, 0.1) is 17.5 Å². The molecule has 13 heteroatoms. The van der Waals surface area contributed by atoms with E-state index in [1.807, 2.05) is 0 Å². The Kier molecular flexibility index (Phi) is 9.84. The van der Waals surface area contributed by atoms with Crippen LogP contribution in [0.15, 0.2) is 59.0 Å². The van der Waals surface area contributed by atoms with Crippen LogP contribution in [0.3, 0.4) is 0 Å². The third-order valence-electron chi connectivity index (χ3n) is 7.13. The van der Waals surface area contributed by atoms with Gasteiger partial charge in [-0.2, -0.15) is 5.10 Å². The van der Waals surface area contributed by atoms with E-state index in [1.165, 1.54) is 53.4 Å². The average molecular weight is 590 g/mol. The van der Waals surface area contributed by atoms with E-state index >= 15 is 4.39 Å². The molecule has 1 amide bonds. The van der Waals surface area contributed by atoms with Crippen LogP contribution in [0.2, 0.25) is 0 Å². The maximum absolute atomic E-state index is 15.4. The van der Waals surface area contributed by atoms with Crippen molar-refractivity contribution < 1.29 is 46.5 Å². The highest BCUT2D eigenvalue weighted by Crippen LogP contribution is 2.44. The van der Waals surface area contributed by atoms with Gasteiger partial charge < -0.3 is 23.8 Å². The molecule has 42 heavy (non-hydrogen) atoms. The highest BCUT2D eigenvalue weighted by Gasteiger charge is 2.52. The third-order valence-corrected chi connectivity index (χ3v) is 7.13. The Balaban J connectivity index is 1.81. The van der Waals surface area contributed by atoms with Crippen LogP contribution in [-0.2, 0) is 28.5 Å². The lowest BCUT2D eigenvalue weighted by atomic mass is 9.79. The smallest absolute Gasteiger partial charge is 0.451 e. The molecule has 2 aliphatic rings. The molecule has 3 atom stereocenters.